The molecule has 2 N–H and O–H groups in total. The predicted molar refractivity (Wildman–Crippen MR) is 92.0 cm³/mol. The Hall–Kier alpha value is -1.59. The van der Waals surface area contributed by atoms with E-state index in [1.165, 1.54) is 18.4 Å². The van der Waals surface area contributed by atoms with E-state index >= 15 is 0 Å². The van der Waals surface area contributed by atoms with Crippen LogP contribution in [0.2, 0.25) is 0 Å². The summed E-state index contributed by atoms with van der Waals surface area (Å²) in [5, 5.41) is 22.6. The minimum absolute atomic E-state index is 0.0369. The zero-order valence-electron chi connectivity index (χ0n) is 15.0. The van der Waals surface area contributed by atoms with Crippen molar-refractivity contribution in [1.29, 1.82) is 0 Å². The van der Waals surface area contributed by atoms with E-state index < -0.39 is 17.1 Å². The molecule has 7 rings (SSSR count). The molecule has 0 aromatic heterocycles. The van der Waals surface area contributed by atoms with Crippen LogP contribution in [0.1, 0.15) is 43.2 Å². The third kappa shape index (κ3) is 1.15. The van der Waals surface area contributed by atoms with Gasteiger partial charge in [0.05, 0.1) is 19.0 Å². The van der Waals surface area contributed by atoms with Gasteiger partial charge in [0, 0.05) is 30.7 Å². The summed E-state index contributed by atoms with van der Waals surface area (Å²) in [4.78, 5) is 12.8. The molecule has 2 aliphatic heterocycles. The number of aliphatic hydroxyl groups is 1. The number of carbonyl (C=O) groups is 1. The Balaban J connectivity index is 1.51. The van der Waals surface area contributed by atoms with Crippen molar-refractivity contribution in [2.45, 2.75) is 67.2 Å². The number of ether oxygens (including phenoxy) is 1. The molecule has 2 spiro atoms. The molecule has 2 heterocycles. The van der Waals surface area contributed by atoms with Crippen LogP contribution >= 0.6 is 0 Å². The van der Waals surface area contributed by atoms with Crippen molar-refractivity contribution < 1.29 is 24.2 Å². The maximum atomic E-state index is 12.8. The number of carbonyl (C=O) groups excluding carboxylic acids is 1. The lowest BCUT2D eigenvalue weighted by atomic mass is 9.56. The normalized spacial score (nSPS) is 51.7. The fraction of sp³-hybridized carbons (Fsp3) is 0.667. The van der Waals surface area contributed by atoms with Crippen molar-refractivity contribution >= 4 is 5.78 Å². The van der Waals surface area contributed by atoms with Crippen molar-refractivity contribution in [3.8, 4) is 11.5 Å². The van der Waals surface area contributed by atoms with Gasteiger partial charge in [-0.15, -0.1) is 0 Å². The lowest BCUT2D eigenvalue weighted by Gasteiger charge is -2.50. The SMILES string of the molecule is C[N+]1(CC2CC2)[C@@H]2C13Cc1ccc(O)c4c1[C@@]1(C3)C(O4)C(=O)CC[C@@]21O. The van der Waals surface area contributed by atoms with Crippen LogP contribution in [-0.4, -0.2) is 57.4 Å². The molecule has 6 aliphatic rings. The molecule has 1 aromatic carbocycles. The smallest absolute Gasteiger partial charge is 0.175 e. The van der Waals surface area contributed by atoms with E-state index in [0.29, 0.717) is 18.6 Å². The number of piperidine rings is 1. The van der Waals surface area contributed by atoms with Crippen LogP contribution in [0.15, 0.2) is 12.1 Å². The standard InChI is InChI=1S/C21H23NO4/c1-22(9-11-2-3-11)18-19(22)8-12-4-5-13(23)16-15(12)20(10-19)17(26-16)14(24)6-7-21(18,20)25/h4-5,11,17-18,25H,2-3,6-10H2,1H3/p+1/t17?,18-,19?,20+,21-,22?/m1/s1. The lowest BCUT2D eigenvalue weighted by molar-refractivity contribution is -0.834. The number of quaternary nitrogens is 1. The number of likely N-dealkylation sites (N-methyl/N-ethyl adjacent to an activating group) is 1. The van der Waals surface area contributed by atoms with Crippen LogP contribution in [0.25, 0.3) is 0 Å². The van der Waals surface area contributed by atoms with Crippen LogP contribution < -0.4 is 4.74 Å². The number of ketones is 1. The highest BCUT2D eigenvalue weighted by Gasteiger charge is 2.96. The number of hydrogen-bond donors (Lipinski definition) is 2. The lowest BCUT2D eigenvalue weighted by Crippen LogP contribution is -2.67. The largest absolute Gasteiger partial charge is 0.504 e. The fourth-order valence-electron chi connectivity index (χ4n) is 8.09. The zero-order valence-corrected chi connectivity index (χ0v) is 15.0. The van der Waals surface area contributed by atoms with Gasteiger partial charge in [0.25, 0.3) is 0 Å². The number of aromatic hydroxyl groups is 1. The van der Waals surface area contributed by atoms with E-state index in [0.717, 1.165) is 35.4 Å². The summed E-state index contributed by atoms with van der Waals surface area (Å²) in [7, 11) is 2.33. The van der Waals surface area contributed by atoms with Gasteiger partial charge in [-0.2, -0.15) is 0 Å². The highest BCUT2D eigenvalue weighted by atomic mass is 16.5. The van der Waals surface area contributed by atoms with Crippen molar-refractivity contribution in [2.75, 3.05) is 13.6 Å². The third-order valence-corrected chi connectivity index (χ3v) is 9.07. The van der Waals surface area contributed by atoms with Crippen molar-refractivity contribution in [1.82, 2.24) is 0 Å². The van der Waals surface area contributed by atoms with Crippen molar-refractivity contribution in [2.24, 2.45) is 5.92 Å². The van der Waals surface area contributed by atoms with Gasteiger partial charge in [0.2, 0.25) is 0 Å². The minimum Gasteiger partial charge on any atom is -0.504 e. The summed E-state index contributed by atoms with van der Waals surface area (Å²) in [5.74, 6) is 1.46. The number of nitrogens with zero attached hydrogens (tertiary/aromatic N) is 1. The van der Waals surface area contributed by atoms with Gasteiger partial charge in [-0.25, -0.2) is 0 Å². The molecule has 0 radical (unpaired) electrons. The first-order valence-corrected chi connectivity index (χ1v) is 10.00. The quantitative estimate of drug-likeness (QED) is 0.623. The molecule has 5 nitrogen and oxygen atoms in total. The zero-order chi connectivity index (χ0) is 17.7. The Morgan fingerprint density at radius 2 is 2.15 bits per heavy atom. The molecular weight excluding hydrogens is 330 g/mol. The van der Waals surface area contributed by atoms with E-state index in [1.807, 2.05) is 6.07 Å². The maximum Gasteiger partial charge on any atom is 0.175 e. The number of benzene rings is 1. The molecule has 2 bridgehead atoms. The van der Waals surface area contributed by atoms with Gasteiger partial charge in [0.1, 0.15) is 5.60 Å². The van der Waals surface area contributed by atoms with Crippen LogP contribution in [0.5, 0.6) is 11.5 Å². The Bertz CT molecular complexity index is 925. The van der Waals surface area contributed by atoms with Gasteiger partial charge in [-0.05, 0) is 30.9 Å². The number of hydrogen-bond acceptors (Lipinski definition) is 4. The summed E-state index contributed by atoms with van der Waals surface area (Å²) >= 11 is 0. The highest BCUT2D eigenvalue weighted by Crippen LogP contribution is 2.79. The van der Waals surface area contributed by atoms with Gasteiger partial charge in [-0.3, -0.25) is 4.79 Å². The molecule has 5 heteroatoms. The van der Waals surface area contributed by atoms with Crippen molar-refractivity contribution in [3.63, 3.8) is 0 Å². The second-order valence-electron chi connectivity index (χ2n) is 10.1. The second kappa shape index (κ2) is 3.69. The van der Waals surface area contributed by atoms with Crippen LogP contribution in [-0.2, 0) is 16.6 Å². The molecule has 3 saturated carbocycles. The molecule has 6 atom stereocenters. The number of phenols is 1. The molecule has 26 heavy (non-hydrogen) atoms. The van der Waals surface area contributed by atoms with E-state index in [4.69, 9.17) is 4.74 Å². The van der Waals surface area contributed by atoms with Crippen LogP contribution in [0, 0.1) is 5.92 Å². The molecular formula is C21H24NO4+. The molecule has 1 saturated heterocycles. The number of phenolic OH excluding ortho intramolecular Hbond substituents is 1. The summed E-state index contributed by atoms with van der Waals surface area (Å²) in [6.07, 6.45) is 4.68. The number of Topliss-reactive ketones (excluding diaryl/α,β-unsaturated/α-hetero) is 1. The summed E-state index contributed by atoms with van der Waals surface area (Å²) in [6, 6.07) is 3.90. The van der Waals surface area contributed by atoms with Crippen molar-refractivity contribution in [3.05, 3.63) is 23.3 Å². The first-order chi connectivity index (χ1) is 12.4. The molecule has 4 fully saturated rings. The monoisotopic (exact) mass is 354 g/mol. The summed E-state index contributed by atoms with van der Waals surface area (Å²) in [5.41, 5.74) is 0.624. The highest BCUT2D eigenvalue weighted by molar-refractivity contribution is 5.90. The van der Waals surface area contributed by atoms with E-state index in [-0.39, 0.29) is 23.1 Å². The average Bonchev–Trinajstić information content (AvgIpc) is 3.41. The van der Waals surface area contributed by atoms with Crippen LogP contribution in [0.4, 0.5) is 0 Å². The molecule has 3 unspecified atom stereocenters. The fourth-order valence-corrected chi connectivity index (χ4v) is 8.09. The number of rotatable bonds is 2. The topological polar surface area (TPSA) is 66.8 Å². The van der Waals surface area contributed by atoms with E-state index in [9.17, 15) is 15.0 Å². The summed E-state index contributed by atoms with van der Waals surface area (Å²) < 4.78 is 7.06. The van der Waals surface area contributed by atoms with Gasteiger partial charge in [0.15, 0.2) is 35.0 Å². The molecule has 1 aromatic rings. The van der Waals surface area contributed by atoms with Gasteiger partial charge >= 0.3 is 0 Å². The maximum absolute atomic E-state index is 12.8. The molecule has 0 amide bonds. The minimum atomic E-state index is -0.903. The Kier molecular flexibility index (Phi) is 2.06. The van der Waals surface area contributed by atoms with Gasteiger partial charge in [-0.1, -0.05) is 6.07 Å². The second-order valence-corrected chi connectivity index (χ2v) is 10.1. The third-order valence-electron chi connectivity index (χ3n) is 9.07. The Morgan fingerprint density at radius 3 is 2.92 bits per heavy atom. The first-order valence-electron chi connectivity index (χ1n) is 10.00. The number of fused-ring (bicyclic) bond motifs is 1. The predicted octanol–water partition coefficient (Wildman–Crippen LogP) is 1.42. The average molecular weight is 354 g/mol. The molecule has 136 valence electrons. The Labute approximate surface area is 152 Å². The van der Waals surface area contributed by atoms with Crippen LogP contribution in [0.3, 0.4) is 0 Å². The first kappa shape index (κ1) is 14.5. The van der Waals surface area contributed by atoms with E-state index in [2.05, 4.69) is 7.05 Å². The number of likely N-dealkylation sites (tertiary alicyclic amines) is 1. The van der Waals surface area contributed by atoms with E-state index in [1.54, 1.807) is 6.07 Å². The summed E-state index contributed by atoms with van der Waals surface area (Å²) in [6.45, 7) is 1.16. The Morgan fingerprint density at radius 1 is 1.35 bits per heavy atom. The van der Waals surface area contributed by atoms with Gasteiger partial charge < -0.3 is 19.4 Å². The molecule has 4 aliphatic carbocycles.